The van der Waals surface area contributed by atoms with Gasteiger partial charge in [-0.15, -0.1) is 0 Å². The second kappa shape index (κ2) is 3.95. The average Bonchev–Trinajstić information content (AvgIpc) is 2.79. The van der Waals surface area contributed by atoms with Crippen molar-refractivity contribution in [2.24, 2.45) is 0 Å². The van der Waals surface area contributed by atoms with Crippen molar-refractivity contribution in [3.8, 4) is 17.0 Å². The number of aromatic nitrogens is 1. The molecule has 4 rings (SSSR count). The lowest BCUT2D eigenvalue weighted by Crippen LogP contribution is -2.03. The fourth-order valence-electron chi connectivity index (χ4n) is 2.47. The molecular formula is C14H9BrN2OS. The molecular weight excluding hydrogens is 324 g/mol. The fraction of sp³-hybridized carbons (Fsp3) is 0.0714. The van der Waals surface area contributed by atoms with Crippen LogP contribution in [0, 0.1) is 0 Å². The number of fused-ring (bicyclic) bond motifs is 5. The maximum absolute atomic E-state index is 5.83. The molecule has 3 nitrogen and oxygen atoms in total. The molecule has 2 N–H and O–H groups in total. The van der Waals surface area contributed by atoms with Crippen molar-refractivity contribution in [1.82, 2.24) is 4.98 Å². The number of nitrogen functional groups attached to an aromatic ring is 1. The maximum Gasteiger partial charge on any atom is 0.180 e. The summed E-state index contributed by atoms with van der Waals surface area (Å²) in [6.45, 7) is 0.552. The van der Waals surface area contributed by atoms with Gasteiger partial charge in [-0.3, -0.25) is 0 Å². The molecule has 1 aliphatic heterocycles. The van der Waals surface area contributed by atoms with Crippen LogP contribution in [-0.4, -0.2) is 4.98 Å². The van der Waals surface area contributed by atoms with Gasteiger partial charge in [0.1, 0.15) is 12.4 Å². The zero-order valence-electron chi connectivity index (χ0n) is 9.81. The van der Waals surface area contributed by atoms with E-state index < -0.39 is 0 Å². The van der Waals surface area contributed by atoms with Crippen LogP contribution in [0.4, 0.5) is 5.13 Å². The van der Waals surface area contributed by atoms with Gasteiger partial charge < -0.3 is 10.5 Å². The van der Waals surface area contributed by atoms with Crippen LogP contribution in [0.2, 0.25) is 0 Å². The van der Waals surface area contributed by atoms with Gasteiger partial charge in [-0.25, -0.2) is 4.98 Å². The predicted molar refractivity (Wildman–Crippen MR) is 81.5 cm³/mol. The zero-order valence-corrected chi connectivity index (χ0v) is 12.2. The molecule has 5 heteroatoms. The van der Waals surface area contributed by atoms with Crippen molar-refractivity contribution < 1.29 is 4.74 Å². The lowest BCUT2D eigenvalue weighted by molar-refractivity contribution is 0.306. The van der Waals surface area contributed by atoms with Crippen molar-refractivity contribution in [2.75, 3.05) is 5.73 Å². The zero-order chi connectivity index (χ0) is 13.0. The van der Waals surface area contributed by atoms with Crippen LogP contribution in [0.25, 0.3) is 22.0 Å². The third kappa shape index (κ3) is 1.58. The molecule has 3 aromatic rings. The highest BCUT2D eigenvalue weighted by Gasteiger charge is 2.23. The topological polar surface area (TPSA) is 48.1 Å². The number of halogens is 1. The minimum Gasteiger partial charge on any atom is -0.487 e. The van der Waals surface area contributed by atoms with E-state index in [1.54, 1.807) is 0 Å². The second-order valence-corrected chi connectivity index (χ2v) is 6.36. The number of thiazole rings is 1. The minimum atomic E-state index is 0.552. The Morgan fingerprint density at radius 2 is 2.11 bits per heavy atom. The average molecular weight is 333 g/mol. The largest absolute Gasteiger partial charge is 0.487 e. The highest BCUT2D eigenvalue weighted by molar-refractivity contribution is 9.10. The standard InChI is InChI=1S/C14H9BrN2OS/c15-9-3-1-2-8-7(9)4-5-10-12(8)13-11(6-18-10)19-14(16)17-13/h1-5H,6H2,(H2,16,17). The Balaban J connectivity index is 2.15. The summed E-state index contributed by atoms with van der Waals surface area (Å²) >= 11 is 5.08. The third-order valence-corrected chi connectivity index (χ3v) is 4.83. The molecule has 0 saturated carbocycles. The SMILES string of the molecule is Nc1nc2c(s1)COc1ccc3c(Br)cccc3c1-2. The number of hydrogen-bond donors (Lipinski definition) is 1. The van der Waals surface area contributed by atoms with E-state index in [0.717, 1.165) is 37.1 Å². The maximum atomic E-state index is 5.83. The molecule has 0 unspecified atom stereocenters. The molecule has 0 spiro atoms. The van der Waals surface area contributed by atoms with Gasteiger partial charge in [-0.05, 0) is 29.0 Å². The van der Waals surface area contributed by atoms with Crippen LogP contribution in [0.15, 0.2) is 34.8 Å². The fourth-order valence-corrected chi connectivity index (χ4v) is 3.72. The Bertz CT molecular complexity index is 813. The van der Waals surface area contributed by atoms with Gasteiger partial charge in [0.15, 0.2) is 5.13 Å². The van der Waals surface area contributed by atoms with E-state index in [1.165, 1.54) is 11.3 Å². The normalized spacial score (nSPS) is 12.9. The van der Waals surface area contributed by atoms with E-state index >= 15 is 0 Å². The van der Waals surface area contributed by atoms with E-state index in [0.29, 0.717) is 11.7 Å². The van der Waals surface area contributed by atoms with Crippen molar-refractivity contribution >= 4 is 43.2 Å². The van der Waals surface area contributed by atoms with Crippen LogP contribution in [0.1, 0.15) is 4.88 Å². The first-order chi connectivity index (χ1) is 9.24. The Hall–Kier alpha value is -1.59. The summed E-state index contributed by atoms with van der Waals surface area (Å²) in [5, 5.41) is 2.89. The van der Waals surface area contributed by atoms with E-state index in [1.807, 2.05) is 18.2 Å². The third-order valence-electron chi connectivity index (χ3n) is 3.28. The van der Waals surface area contributed by atoms with Gasteiger partial charge >= 0.3 is 0 Å². The number of ether oxygens (including phenoxy) is 1. The summed E-state index contributed by atoms with van der Waals surface area (Å²) in [5.74, 6) is 0.878. The van der Waals surface area contributed by atoms with Gasteiger partial charge in [-0.1, -0.05) is 39.4 Å². The number of rotatable bonds is 0. The van der Waals surface area contributed by atoms with Crippen molar-refractivity contribution in [3.63, 3.8) is 0 Å². The summed E-state index contributed by atoms with van der Waals surface area (Å²) in [4.78, 5) is 5.57. The molecule has 0 saturated heterocycles. The molecule has 0 fully saturated rings. The molecule has 1 aliphatic rings. The number of nitrogens with two attached hydrogens (primary N) is 1. The molecule has 0 bridgehead atoms. The number of hydrogen-bond acceptors (Lipinski definition) is 4. The number of anilines is 1. The lowest BCUT2D eigenvalue weighted by atomic mass is 9.99. The molecule has 0 aliphatic carbocycles. The van der Waals surface area contributed by atoms with E-state index in [4.69, 9.17) is 10.5 Å². The van der Waals surface area contributed by atoms with Crippen molar-refractivity contribution in [2.45, 2.75) is 6.61 Å². The molecule has 0 atom stereocenters. The first-order valence-electron chi connectivity index (χ1n) is 5.83. The molecule has 0 amide bonds. The van der Waals surface area contributed by atoms with Crippen molar-refractivity contribution in [1.29, 1.82) is 0 Å². The summed E-state index contributed by atoms with van der Waals surface area (Å²) < 4.78 is 6.88. The van der Waals surface area contributed by atoms with Crippen LogP contribution >= 0.6 is 27.3 Å². The molecule has 2 aromatic carbocycles. The highest BCUT2D eigenvalue weighted by Crippen LogP contribution is 2.45. The van der Waals surface area contributed by atoms with Crippen LogP contribution in [0.5, 0.6) is 5.75 Å². The predicted octanol–water partition coefficient (Wildman–Crippen LogP) is 4.20. The molecule has 19 heavy (non-hydrogen) atoms. The number of benzene rings is 2. The highest BCUT2D eigenvalue weighted by atomic mass is 79.9. The van der Waals surface area contributed by atoms with Gasteiger partial charge in [0, 0.05) is 4.47 Å². The quantitative estimate of drug-likeness (QED) is 0.671. The monoisotopic (exact) mass is 332 g/mol. The molecule has 0 radical (unpaired) electrons. The van der Waals surface area contributed by atoms with E-state index in [-0.39, 0.29) is 0 Å². The summed E-state index contributed by atoms with van der Waals surface area (Å²) in [5.41, 5.74) is 7.85. The van der Waals surface area contributed by atoms with Crippen LogP contribution in [-0.2, 0) is 6.61 Å². The molecule has 2 heterocycles. The van der Waals surface area contributed by atoms with Gasteiger partial charge in [-0.2, -0.15) is 0 Å². The second-order valence-electron chi connectivity index (χ2n) is 4.39. The van der Waals surface area contributed by atoms with E-state index in [9.17, 15) is 0 Å². The number of nitrogens with zero attached hydrogens (tertiary/aromatic N) is 1. The minimum absolute atomic E-state index is 0.552. The van der Waals surface area contributed by atoms with Gasteiger partial charge in [0.2, 0.25) is 0 Å². The lowest BCUT2D eigenvalue weighted by Gasteiger charge is -2.18. The Labute approximate surface area is 122 Å². The first-order valence-corrected chi connectivity index (χ1v) is 7.44. The molecule has 94 valence electrons. The summed E-state index contributed by atoms with van der Waals surface area (Å²) in [6.07, 6.45) is 0. The molecule has 1 aromatic heterocycles. The Kier molecular flexibility index (Phi) is 2.34. The smallest absolute Gasteiger partial charge is 0.180 e. The van der Waals surface area contributed by atoms with Crippen LogP contribution < -0.4 is 10.5 Å². The van der Waals surface area contributed by atoms with Gasteiger partial charge in [0.05, 0.1) is 16.1 Å². The summed E-state index contributed by atoms with van der Waals surface area (Å²) in [7, 11) is 0. The van der Waals surface area contributed by atoms with E-state index in [2.05, 4.69) is 33.0 Å². The van der Waals surface area contributed by atoms with Crippen molar-refractivity contribution in [3.05, 3.63) is 39.7 Å². The van der Waals surface area contributed by atoms with Gasteiger partial charge in [0.25, 0.3) is 0 Å². The Morgan fingerprint density at radius 3 is 3.00 bits per heavy atom. The first kappa shape index (κ1) is 11.3. The summed E-state index contributed by atoms with van der Waals surface area (Å²) in [6, 6.07) is 10.2. The Morgan fingerprint density at radius 1 is 1.21 bits per heavy atom. The van der Waals surface area contributed by atoms with Crippen LogP contribution in [0.3, 0.4) is 0 Å².